The number of nitrogens with one attached hydrogen (secondary N) is 1. The summed E-state index contributed by atoms with van der Waals surface area (Å²) < 4.78 is 12.9. The van der Waals surface area contributed by atoms with Crippen molar-refractivity contribution in [3.63, 3.8) is 0 Å². The van der Waals surface area contributed by atoms with Crippen LogP contribution in [0.25, 0.3) is 10.8 Å². The molecular formula is C40H35N3O6S2. The van der Waals surface area contributed by atoms with Crippen LogP contribution in [-0.4, -0.2) is 41.8 Å². The molecule has 4 aliphatic rings. The number of thiazole rings is 1. The fourth-order valence-corrected chi connectivity index (χ4v) is 12.4. The number of thioether (sulfide) groups is 1. The number of aromatic nitrogens is 1. The molecule has 51 heavy (non-hydrogen) atoms. The van der Waals surface area contributed by atoms with Gasteiger partial charge in [0.05, 0.1) is 36.8 Å². The summed E-state index contributed by atoms with van der Waals surface area (Å²) >= 11 is 2.78. The standard InChI is InChI=1S/C40H35N3O6S2/c1-20-8-13-25(14-9-20)43-37(45)33-26-18-27(34(33)38(43)46)35-32(26)31(23-11-15-28(48-2)29(17-23)49-3)36-39(50-35)42(40(47)51-36)19-30(44)41-24-12-10-21-6-4-5-7-22(21)16-24/h4-17,26-27,31-35H,18-19H2,1-3H3,(H,41,44). The van der Waals surface area contributed by atoms with Crippen molar-refractivity contribution < 1.29 is 23.9 Å². The Labute approximate surface area is 302 Å². The molecule has 1 aromatic heterocycles. The molecule has 3 fully saturated rings. The second-order valence-corrected chi connectivity index (χ2v) is 16.1. The van der Waals surface area contributed by atoms with Gasteiger partial charge in [0, 0.05) is 21.7 Å². The first-order valence-electron chi connectivity index (χ1n) is 17.1. The normalized spacial score (nSPS) is 25.9. The van der Waals surface area contributed by atoms with E-state index in [4.69, 9.17) is 9.47 Å². The van der Waals surface area contributed by atoms with Crippen molar-refractivity contribution in [3.05, 3.63) is 111 Å². The summed E-state index contributed by atoms with van der Waals surface area (Å²) in [6, 6.07) is 27.1. The van der Waals surface area contributed by atoms with E-state index in [0.29, 0.717) is 22.9 Å². The van der Waals surface area contributed by atoms with Gasteiger partial charge in [-0.25, -0.2) is 0 Å². The summed E-state index contributed by atoms with van der Waals surface area (Å²) in [6.07, 6.45) is 0.766. The molecule has 2 bridgehead atoms. The van der Waals surface area contributed by atoms with E-state index in [9.17, 15) is 19.2 Å². The molecule has 3 heterocycles. The van der Waals surface area contributed by atoms with E-state index in [1.807, 2.05) is 91.9 Å². The maximum atomic E-state index is 14.2. The van der Waals surface area contributed by atoms with E-state index in [1.165, 1.54) is 16.2 Å². The van der Waals surface area contributed by atoms with Gasteiger partial charge in [-0.3, -0.25) is 28.6 Å². The molecule has 3 amide bonds. The highest BCUT2D eigenvalue weighted by molar-refractivity contribution is 8.00. The number of anilines is 2. The number of methoxy groups -OCH3 is 2. The van der Waals surface area contributed by atoms with Gasteiger partial charge < -0.3 is 14.8 Å². The predicted molar refractivity (Wildman–Crippen MR) is 198 cm³/mol. The van der Waals surface area contributed by atoms with Crippen LogP contribution in [0.4, 0.5) is 11.4 Å². The van der Waals surface area contributed by atoms with Crippen LogP contribution in [0, 0.1) is 36.5 Å². The Morgan fingerprint density at radius 2 is 1.57 bits per heavy atom. The number of imide groups is 1. The van der Waals surface area contributed by atoms with Crippen LogP contribution >= 0.6 is 23.1 Å². The van der Waals surface area contributed by atoms with Gasteiger partial charge in [-0.05, 0) is 83.8 Å². The number of aryl methyl sites for hydroxylation is 1. The fourth-order valence-electron chi connectivity index (χ4n) is 9.23. The molecule has 2 aliphatic heterocycles. The Balaban J connectivity index is 1.10. The van der Waals surface area contributed by atoms with Crippen molar-refractivity contribution in [2.45, 2.75) is 36.1 Å². The molecule has 9 nitrogen and oxygen atoms in total. The molecule has 1 N–H and O–H groups in total. The Bertz CT molecular complexity index is 2320. The SMILES string of the molecule is COc1ccc(C2c3sc(=O)n(CC(=O)Nc4ccc5ccccc5c4)c3SC3C4CC(C5C(=O)N(c6ccc(C)cc6)C(=O)C45)C23)cc1OC. The maximum Gasteiger partial charge on any atom is 0.308 e. The third kappa shape index (κ3) is 4.96. The molecule has 2 aliphatic carbocycles. The summed E-state index contributed by atoms with van der Waals surface area (Å²) in [5, 5.41) is 5.81. The average molecular weight is 718 g/mol. The lowest BCUT2D eigenvalue weighted by atomic mass is 9.68. The molecule has 9 rings (SSSR count). The number of hydrogen-bond acceptors (Lipinski definition) is 8. The second-order valence-electron chi connectivity index (χ2n) is 13.9. The van der Waals surface area contributed by atoms with Gasteiger partial charge in [0.15, 0.2) is 11.5 Å². The summed E-state index contributed by atoms with van der Waals surface area (Å²) in [5.41, 5.74) is 3.28. The maximum absolute atomic E-state index is 14.2. The molecule has 5 aromatic rings. The highest BCUT2D eigenvalue weighted by Gasteiger charge is 2.70. The van der Waals surface area contributed by atoms with E-state index < -0.39 is 11.8 Å². The van der Waals surface area contributed by atoms with Crippen LogP contribution in [0.2, 0.25) is 0 Å². The fraction of sp³-hybridized carbons (Fsp3) is 0.300. The van der Waals surface area contributed by atoms with Gasteiger partial charge in [-0.1, -0.05) is 65.4 Å². The van der Waals surface area contributed by atoms with Crippen molar-refractivity contribution in [2.75, 3.05) is 24.4 Å². The minimum Gasteiger partial charge on any atom is -0.493 e. The number of carbonyl (C=O) groups excluding carboxylic acids is 3. The van der Waals surface area contributed by atoms with E-state index in [-0.39, 0.29) is 58.1 Å². The number of ether oxygens (including phenoxy) is 2. The number of fused-ring (bicyclic) bond motifs is 10. The predicted octanol–water partition coefficient (Wildman–Crippen LogP) is 6.71. The summed E-state index contributed by atoms with van der Waals surface area (Å²) in [4.78, 5) is 57.8. The van der Waals surface area contributed by atoms with Crippen molar-refractivity contribution in [3.8, 4) is 11.5 Å². The quantitative estimate of drug-likeness (QED) is 0.187. The molecular weight excluding hydrogens is 683 g/mol. The molecule has 0 radical (unpaired) electrons. The number of amides is 3. The number of nitrogens with zero attached hydrogens (tertiary/aromatic N) is 2. The lowest BCUT2D eigenvalue weighted by molar-refractivity contribution is -0.123. The van der Waals surface area contributed by atoms with Gasteiger partial charge in [-0.2, -0.15) is 0 Å². The summed E-state index contributed by atoms with van der Waals surface area (Å²) in [6.45, 7) is 1.84. The first kappa shape index (κ1) is 32.1. The van der Waals surface area contributed by atoms with Crippen LogP contribution in [0.15, 0.2) is 94.7 Å². The van der Waals surface area contributed by atoms with Crippen LogP contribution in [0.1, 0.15) is 28.3 Å². The highest BCUT2D eigenvalue weighted by atomic mass is 32.2. The third-order valence-electron chi connectivity index (χ3n) is 11.3. The van der Waals surface area contributed by atoms with E-state index >= 15 is 0 Å². The molecule has 1 saturated heterocycles. The minimum atomic E-state index is -0.417. The Kier molecular flexibility index (Phi) is 7.62. The van der Waals surface area contributed by atoms with Crippen molar-refractivity contribution in [1.29, 1.82) is 0 Å². The van der Waals surface area contributed by atoms with Crippen LogP contribution in [0.3, 0.4) is 0 Å². The Hall–Kier alpha value is -4.87. The van der Waals surface area contributed by atoms with Crippen LogP contribution in [-0.2, 0) is 20.9 Å². The minimum absolute atomic E-state index is 0.000467. The number of rotatable bonds is 7. The summed E-state index contributed by atoms with van der Waals surface area (Å²) in [7, 11) is 3.19. The van der Waals surface area contributed by atoms with Crippen molar-refractivity contribution in [1.82, 2.24) is 4.57 Å². The average Bonchev–Trinajstić information content (AvgIpc) is 3.86. The van der Waals surface area contributed by atoms with Gasteiger partial charge in [0.2, 0.25) is 17.7 Å². The lowest BCUT2D eigenvalue weighted by Gasteiger charge is -2.43. The van der Waals surface area contributed by atoms with Gasteiger partial charge in [0.25, 0.3) is 0 Å². The van der Waals surface area contributed by atoms with Crippen molar-refractivity contribution in [2.24, 2.45) is 29.6 Å². The van der Waals surface area contributed by atoms with Crippen LogP contribution in [0.5, 0.6) is 11.5 Å². The van der Waals surface area contributed by atoms with Gasteiger partial charge in [0.1, 0.15) is 6.54 Å². The van der Waals surface area contributed by atoms with Crippen molar-refractivity contribution >= 4 is 63.0 Å². The zero-order valence-electron chi connectivity index (χ0n) is 28.2. The highest BCUT2D eigenvalue weighted by Crippen LogP contribution is 2.69. The number of carbonyl (C=O) groups is 3. The smallest absolute Gasteiger partial charge is 0.308 e. The monoisotopic (exact) mass is 717 g/mol. The van der Waals surface area contributed by atoms with E-state index in [2.05, 4.69) is 5.32 Å². The van der Waals surface area contributed by atoms with Gasteiger partial charge >= 0.3 is 4.87 Å². The second kappa shape index (κ2) is 12.1. The molecule has 258 valence electrons. The van der Waals surface area contributed by atoms with Crippen LogP contribution < -0.4 is 24.6 Å². The molecule has 4 aromatic carbocycles. The molecule has 0 spiro atoms. The third-order valence-corrected chi connectivity index (χ3v) is 14.1. The molecule has 7 atom stereocenters. The first-order chi connectivity index (χ1) is 24.7. The molecule has 7 unspecified atom stereocenters. The molecule has 11 heteroatoms. The van der Waals surface area contributed by atoms with E-state index in [0.717, 1.165) is 38.2 Å². The summed E-state index contributed by atoms with van der Waals surface area (Å²) in [5.74, 6) is -0.544. The lowest BCUT2D eigenvalue weighted by Crippen LogP contribution is -2.43. The zero-order chi connectivity index (χ0) is 35.1. The number of benzene rings is 4. The molecule has 2 saturated carbocycles. The van der Waals surface area contributed by atoms with Gasteiger partial charge in [-0.15, -0.1) is 11.8 Å². The first-order valence-corrected chi connectivity index (χ1v) is 18.8. The van der Waals surface area contributed by atoms with E-state index in [1.54, 1.807) is 30.5 Å². The topological polar surface area (TPSA) is 107 Å². The number of hydrogen-bond donors (Lipinski definition) is 1. The Morgan fingerprint density at radius 3 is 2.31 bits per heavy atom. The Morgan fingerprint density at radius 1 is 0.843 bits per heavy atom. The largest absolute Gasteiger partial charge is 0.493 e. The zero-order valence-corrected chi connectivity index (χ0v) is 29.8.